The largest absolute Gasteiger partial charge is 0.320 e. The fourth-order valence-electron chi connectivity index (χ4n) is 1.99. The molecule has 94 valence electrons. The molecule has 1 unspecified atom stereocenters. The van der Waals surface area contributed by atoms with E-state index in [1.54, 1.807) is 22.7 Å². The number of nitrogens with two attached hydrogens (primary N) is 1. The van der Waals surface area contributed by atoms with E-state index < -0.39 is 0 Å². The van der Waals surface area contributed by atoms with Crippen LogP contribution in [0.25, 0.3) is 9.40 Å². The SMILES string of the molecule is CCCn1cc(C(N)c2cc3sccc3s2)cn1. The Morgan fingerprint density at radius 3 is 3.11 bits per heavy atom. The van der Waals surface area contributed by atoms with Crippen LogP contribution in [0.3, 0.4) is 0 Å². The van der Waals surface area contributed by atoms with Crippen molar-refractivity contribution in [1.82, 2.24) is 9.78 Å². The van der Waals surface area contributed by atoms with Gasteiger partial charge in [-0.05, 0) is 23.9 Å². The summed E-state index contributed by atoms with van der Waals surface area (Å²) < 4.78 is 4.61. The molecule has 3 aromatic rings. The van der Waals surface area contributed by atoms with Crippen LogP contribution < -0.4 is 5.73 Å². The molecule has 0 aliphatic carbocycles. The first-order valence-electron chi connectivity index (χ1n) is 6.03. The van der Waals surface area contributed by atoms with Crippen LogP contribution in [0.5, 0.6) is 0 Å². The third-order valence-electron chi connectivity index (χ3n) is 2.93. The summed E-state index contributed by atoms with van der Waals surface area (Å²) in [4.78, 5) is 1.22. The van der Waals surface area contributed by atoms with Crippen LogP contribution in [0.4, 0.5) is 0 Å². The molecule has 0 bridgehead atoms. The third kappa shape index (κ3) is 2.09. The van der Waals surface area contributed by atoms with Gasteiger partial charge in [-0.1, -0.05) is 6.92 Å². The Bertz CT molecular complexity index is 621. The van der Waals surface area contributed by atoms with Crippen LogP contribution in [0.1, 0.15) is 29.8 Å². The first kappa shape index (κ1) is 11.9. The van der Waals surface area contributed by atoms with Crippen LogP contribution in [-0.2, 0) is 6.54 Å². The summed E-state index contributed by atoms with van der Waals surface area (Å²) in [5.74, 6) is 0. The van der Waals surface area contributed by atoms with Gasteiger partial charge in [-0.2, -0.15) is 5.10 Å². The predicted molar refractivity (Wildman–Crippen MR) is 78.3 cm³/mol. The Kier molecular flexibility index (Phi) is 3.20. The van der Waals surface area contributed by atoms with Gasteiger partial charge in [-0.15, -0.1) is 22.7 Å². The summed E-state index contributed by atoms with van der Waals surface area (Å²) in [6.45, 7) is 3.10. The summed E-state index contributed by atoms with van der Waals surface area (Å²) in [7, 11) is 0. The van der Waals surface area contributed by atoms with E-state index in [0.29, 0.717) is 0 Å². The molecule has 0 aliphatic rings. The summed E-state index contributed by atoms with van der Waals surface area (Å²) >= 11 is 3.55. The average Bonchev–Trinajstić information content (AvgIpc) is 3.02. The monoisotopic (exact) mass is 277 g/mol. The predicted octanol–water partition coefficient (Wildman–Crippen LogP) is 3.62. The summed E-state index contributed by atoms with van der Waals surface area (Å²) in [5.41, 5.74) is 7.41. The van der Waals surface area contributed by atoms with Crippen molar-refractivity contribution in [3.05, 3.63) is 40.3 Å². The molecule has 3 nitrogen and oxygen atoms in total. The maximum absolute atomic E-state index is 6.31. The standard InChI is InChI=1S/C13H15N3S2/c1-2-4-16-8-9(7-15-16)13(14)12-6-11-10(18-12)3-5-17-11/h3,5-8,13H,2,4,14H2,1H3. The number of aromatic nitrogens is 2. The van der Waals surface area contributed by atoms with Gasteiger partial charge in [-0.3, -0.25) is 4.68 Å². The van der Waals surface area contributed by atoms with E-state index in [2.05, 4.69) is 35.7 Å². The second-order valence-electron chi connectivity index (χ2n) is 4.31. The zero-order valence-electron chi connectivity index (χ0n) is 10.2. The van der Waals surface area contributed by atoms with Gasteiger partial charge >= 0.3 is 0 Å². The van der Waals surface area contributed by atoms with E-state index in [-0.39, 0.29) is 6.04 Å². The van der Waals surface area contributed by atoms with Crippen molar-refractivity contribution < 1.29 is 0 Å². The molecular formula is C13H15N3S2. The van der Waals surface area contributed by atoms with Crippen LogP contribution in [-0.4, -0.2) is 9.78 Å². The maximum atomic E-state index is 6.31. The van der Waals surface area contributed by atoms with Crippen molar-refractivity contribution >= 4 is 32.1 Å². The van der Waals surface area contributed by atoms with Crippen molar-refractivity contribution in [3.8, 4) is 0 Å². The molecule has 2 N–H and O–H groups in total. The highest BCUT2D eigenvalue weighted by molar-refractivity contribution is 7.26. The van der Waals surface area contributed by atoms with Gasteiger partial charge in [0, 0.05) is 32.6 Å². The van der Waals surface area contributed by atoms with E-state index in [1.807, 2.05) is 10.9 Å². The summed E-state index contributed by atoms with van der Waals surface area (Å²) in [5, 5.41) is 6.46. The van der Waals surface area contributed by atoms with Crippen molar-refractivity contribution in [1.29, 1.82) is 0 Å². The molecule has 0 amide bonds. The smallest absolute Gasteiger partial charge is 0.0677 e. The average molecular weight is 277 g/mol. The van der Waals surface area contributed by atoms with E-state index in [1.165, 1.54) is 14.3 Å². The quantitative estimate of drug-likeness (QED) is 0.791. The highest BCUT2D eigenvalue weighted by Gasteiger charge is 2.14. The van der Waals surface area contributed by atoms with E-state index in [4.69, 9.17) is 5.73 Å². The molecule has 3 heterocycles. The number of hydrogen-bond donors (Lipinski definition) is 1. The number of aryl methyl sites for hydroxylation is 1. The van der Waals surface area contributed by atoms with Crippen molar-refractivity contribution in [3.63, 3.8) is 0 Å². The van der Waals surface area contributed by atoms with Crippen molar-refractivity contribution in [2.24, 2.45) is 5.73 Å². The molecule has 18 heavy (non-hydrogen) atoms. The number of hydrogen-bond acceptors (Lipinski definition) is 4. The minimum absolute atomic E-state index is 0.0554. The van der Waals surface area contributed by atoms with Gasteiger partial charge in [-0.25, -0.2) is 0 Å². The van der Waals surface area contributed by atoms with Gasteiger partial charge in [0.15, 0.2) is 0 Å². The Hall–Kier alpha value is -1.17. The minimum Gasteiger partial charge on any atom is -0.320 e. The van der Waals surface area contributed by atoms with Crippen LogP contribution in [0.15, 0.2) is 29.9 Å². The molecule has 0 saturated heterocycles. The lowest BCUT2D eigenvalue weighted by atomic mass is 10.1. The zero-order valence-corrected chi connectivity index (χ0v) is 11.8. The number of nitrogens with zero attached hydrogens (tertiary/aromatic N) is 2. The highest BCUT2D eigenvalue weighted by atomic mass is 32.1. The molecule has 0 spiro atoms. The van der Waals surface area contributed by atoms with Gasteiger partial charge in [0.1, 0.15) is 0 Å². The molecule has 0 aliphatic heterocycles. The number of rotatable bonds is 4. The Morgan fingerprint density at radius 2 is 2.33 bits per heavy atom. The summed E-state index contributed by atoms with van der Waals surface area (Å²) in [6, 6.07) is 4.30. The van der Waals surface area contributed by atoms with Crippen LogP contribution in [0.2, 0.25) is 0 Å². The number of fused-ring (bicyclic) bond motifs is 1. The van der Waals surface area contributed by atoms with Gasteiger partial charge in [0.05, 0.1) is 12.2 Å². The Labute approximate surface area is 114 Å². The topological polar surface area (TPSA) is 43.8 Å². The highest BCUT2D eigenvalue weighted by Crippen LogP contribution is 2.34. The van der Waals surface area contributed by atoms with Crippen molar-refractivity contribution in [2.75, 3.05) is 0 Å². The van der Waals surface area contributed by atoms with E-state index >= 15 is 0 Å². The molecule has 0 radical (unpaired) electrons. The Morgan fingerprint density at radius 1 is 1.44 bits per heavy atom. The molecule has 0 aromatic carbocycles. The van der Waals surface area contributed by atoms with Crippen LogP contribution >= 0.6 is 22.7 Å². The van der Waals surface area contributed by atoms with E-state index in [0.717, 1.165) is 18.5 Å². The normalized spacial score (nSPS) is 13.2. The van der Waals surface area contributed by atoms with E-state index in [9.17, 15) is 0 Å². The lowest BCUT2D eigenvalue weighted by molar-refractivity contribution is 0.602. The minimum atomic E-state index is -0.0554. The fraction of sp³-hybridized carbons (Fsp3) is 0.308. The molecule has 5 heteroatoms. The third-order valence-corrected chi connectivity index (χ3v) is 5.11. The van der Waals surface area contributed by atoms with Crippen LogP contribution in [0, 0.1) is 0 Å². The van der Waals surface area contributed by atoms with Gasteiger partial charge < -0.3 is 5.73 Å². The molecular weight excluding hydrogens is 262 g/mol. The second kappa shape index (κ2) is 4.84. The maximum Gasteiger partial charge on any atom is 0.0677 e. The lowest BCUT2D eigenvalue weighted by Gasteiger charge is -2.05. The molecule has 1 atom stereocenters. The number of thiophene rings is 2. The van der Waals surface area contributed by atoms with Crippen molar-refractivity contribution in [2.45, 2.75) is 25.9 Å². The fourth-order valence-corrected chi connectivity index (χ4v) is 4.14. The first-order chi connectivity index (χ1) is 8.78. The lowest BCUT2D eigenvalue weighted by Crippen LogP contribution is -2.09. The second-order valence-corrected chi connectivity index (χ2v) is 6.38. The Balaban J connectivity index is 1.88. The molecule has 0 saturated carbocycles. The molecule has 0 fully saturated rings. The summed E-state index contributed by atoms with van der Waals surface area (Å²) in [6.07, 6.45) is 5.03. The first-order valence-corrected chi connectivity index (χ1v) is 7.72. The zero-order chi connectivity index (χ0) is 12.5. The molecule has 3 rings (SSSR count). The van der Waals surface area contributed by atoms with Gasteiger partial charge in [0.25, 0.3) is 0 Å². The molecule has 3 aromatic heterocycles. The van der Waals surface area contributed by atoms with Gasteiger partial charge in [0.2, 0.25) is 0 Å².